The van der Waals surface area contributed by atoms with Crippen molar-refractivity contribution in [1.29, 1.82) is 0 Å². The molecule has 2 heterocycles. The molecule has 0 spiro atoms. The van der Waals surface area contributed by atoms with E-state index in [9.17, 15) is 26.0 Å². The number of benzene rings is 2. The molecule has 2 aromatic carbocycles. The number of para-hydroxylation sites is 1. The molecule has 0 atom stereocenters. The number of nitrogens with zero attached hydrogens (tertiary/aromatic N) is 2. The molecule has 1 aliphatic heterocycles. The Hall–Kier alpha value is -2.80. The predicted octanol–water partition coefficient (Wildman–Crippen LogP) is 3.90. The molecule has 1 fully saturated rings. The minimum absolute atomic E-state index is 0.0270. The maximum Gasteiger partial charge on any atom is 0.274 e. The lowest BCUT2D eigenvalue weighted by atomic mass is 10.2. The van der Waals surface area contributed by atoms with Gasteiger partial charge >= 0.3 is 0 Å². The highest BCUT2D eigenvalue weighted by molar-refractivity contribution is 7.94. The molecule has 0 radical (unpaired) electrons. The molecule has 1 amide bonds. The van der Waals surface area contributed by atoms with Crippen LogP contribution in [0.25, 0.3) is 0 Å². The van der Waals surface area contributed by atoms with Gasteiger partial charge in [-0.1, -0.05) is 24.6 Å². The molecule has 12 heteroatoms. The Morgan fingerprint density at radius 1 is 0.943 bits per heavy atom. The lowest BCUT2D eigenvalue weighted by Gasteiger charge is -2.26. The van der Waals surface area contributed by atoms with Gasteiger partial charge in [0.2, 0.25) is 15.9 Å². The maximum absolute atomic E-state index is 14.5. The summed E-state index contributed by atoms with van der Waals surface area (Å²) in [5, 5.41) is 4.14. The first kappa shape index (κ1) is 25.3. The van der Waals surface area contributed by atoms with Gasteiger partial charge in [0.25, 0.3) is 10.0 Å². The summed E-state index contributed by atoms with van der Waals surface area (Å²) in [6.45, 7) is 0.284. The van der Waals surface area contributed by atoms with Crippen molar-refractivity contribution in [3.05, 3.63) is 71.9 Å². The van der Waals surface area contributed by atoms with E-state index in [1.165, 1.54) is 52.8 Å². The quantitative estimate of drug-likeness (QED) is 0.470. The molecule has 0 unspecified atom stereocenters. The fourth-order valence-electron chi connectivity index (χ4n) is 3.77. The Labute approximate surface area is 208 Å². The number of carbonyl (C=O) groups excluding carboxylic acids is 1. The van der Waals surface area contributed by atoms with Crippen LogP contribution in [0.5, 0.6) is 0 Å². The van der Waals surface area contributed by atoms with E-state index in [0.29, 0.717) is 13.1 Å². The average Bonchev–Trinajstić information content (AvgIpc) is 3.40. The van der Waals surface area contributed by atoms with Gasteiger partial charge < -0.3 is 5.32 Å². The summed E-state index contributed by atoms with van der Waals surface area (Å²) in [5.74, 6) is -1.49. The highest BCUT2D eigenvalue weighted by atomic mass is 32.2. The molecule has 1 aromatic heterocycles. The smallest absolute Gasteiger partial charge is 0.274 e. The number of hydrogen-bond acceptors (Lipinski definition) is 6. The number of sulfonamides is 2. The molecular formula is C23H24FN3O5S3. The maximum atomic E-state index is 14.5. The fraction of sp³-hybridized carbons (Fsp3) is 0.261. The number of thiophene rings is 1. The topological polar surface area (TPSA) is 104 Å². The van der Waals surface area contributed by atoms with E-state index in [-0.39, 0.29) is 20.5 Å². The van der Waals surface area contributed by atoms with Crippen molar-refractivity contribution in [2.75, 3.05) is 29.3 Å². The Morgan fingerprint density at radius 3 is 2.26 bits per heavy atom. The first-order chi connectivity index (χ1) is 16.7. The molecule has 35 heavy (non-hydrogen) atoms. The second kappa shape index (κ2) is 10.4. The minimum Gasteiger partial charge on any atom is -0.325 e. The van der Waals surface area contributed by atoms with Gasteiger partial charge in [-0.2, -0.15) is 4.31 Å². The van der Waals surface area contributed by atoms with Gasteiger partial charge in [0.05, 0.1) is 10.6 Å². The summed E-state index contributed by atoms with van der Waals surface area (Å²) >= 11 is 0.961. The molecule has 0 saturated carbocycles. The number of nitrogens with one attached hydrogen (secondary N) is 1. The summed E-state index contributed by atoms with van der Waals surface area (Å²) in [7, 11) is -7.81. The van der Waals surface area contributed by atoms with Crippen LogP contribution in [0.2, 0.25) is 0 Å². The first-order valence-electron chi connectivity index (χ1n) is 10.9. The van der Waals surface area contributed by atoms with Crippen LogP contribution in [-0.4, -0.2) is 46.7 Å². The number of piperidine rings is 1. The summed E-state index contributed by atoms with van der Waals surface area (Å²) in [4.78, 5) is 12.9. The lowest BCUT2D eigenvalue weighted by Crippen LogP contribution is -2.38. The van der Waals surface area contributed by atoms with Crippen LogP contribution in [0.15, 0.2) is 75.1 Å². The summed E-state index contributed by atoms with van der Waals surface area (Å²) in [5.41, 5.74) is 0.0358. The van der Waals surface area contributed by atoms with Crippen LogP contribution >= 0.6 is 11.3 Å². The Bertz CT molecular complexity index is 1390. The second-order valence-electron chi connectivity index (χ2n) is 7.93. The van der Waals surface area contributed by atoms with Crippen LogP contribution in [0.1, 0.15) is 19.3 Å². The summed E-state index contributed by atoms with van der Waals surface area (Å²) < 4.78 is 68.6. The van der Waals surface area contributed by atoms with Crippen LogP contribution in [-0.2, 0) is 24.8 Å². The number of hydrogen-bond donors (Lipinski definition) is 1. The van der Waals surface area contributed by atoms with E-state index in [4.69, 9.17) is 0 Å². The van der Waals surface area contributed by atoms with Crippen LogP contribution in [0.4, 0.5) is 15.8 Å². The summed E-state index contributed by atoms with van der Waals surface area (Å²) in [6, 6.07) is 13.9. The van der Waals surface area contributed by atoms with E-state index in [1.54, 1.807) is 11.4 Å². The minimum atomic E-state index is -4.19. The molecular weight excluding hydrogens is 513 g/mol. The number of amides is 1. The third-order valence-electron chi connectivity index (χ3n) is 5.54. The zero-order valence-electron chi connectivity index (χ0n) is 18.6. The zero-order valence-corrected chi connectivity index (χ0v) is 21.1. The summed E-state index contributed by atoms with van der Waals surface area (Å²) in [6.07, 6.45) is 2.64. The zero-order chi connectivity index (χ0) is 25.1. The van der Waals surface area contributed by atoms with Crippen molar-refractivity contribution in [2.24, 2.45) is 0 Å². The van der Waals surface area contributed by atoms with Crippen molar-refractivity contribution < 1.29 is 26.0 Å². The van der Waals surface area contributed by atoms with Crippen molar-refractivity contribution in [2.45, 2.75) is 28.4 Å². The molecule has 186 valence electrons. The molecule has 3 aromatic rings. The second-order valence-corrected chi connectivity index (χ2v) is 12.9. The number of rotatable bonds is 8. The highest BCUT2D eigenvalue weighted by Gasteiger charge is 2.30. The van der Waals surface area contributed by atoms with Crippen LogP contribution in [0, 0.1) is 5.82 Å². The van der Waals surface area contributed by atoms with Gasteiger partial charge in [0.15, 0.2) is 0 Å². The molecule has 1 aliphatic rings. The van der Waals surface area contributed by atoms with Crippen molar-refractivity contribution >= 4 is 48.7 Å². The SMILES string of the molecule is O=C(CN(c1ccccc1F)S(=O)(=O)c1cccs1)Nc1ccc(S(=O)(=O)N2CCCCC2)cc1. The van der Waals surface area contributed by atoms with Gasteiger partial charge in [0, 0.05) is 18.8 Å². The molecule has 4 rings (SSSR count). The van der Waals surface area contributed by atoms with Crippen molar-refractivity contribution in [3.8, 4) is 0 Å². The van der Waals surface area contributed by atoms with Gasteiger partial charge in [-0.25, -0.2) is 21.2 Å². The normalized spacial score (nSPS) is 15.0. The Balaban J connectivity index is 1.53. The van der Waals surface area contributed by atoms with Crippen molar-refractivity contribution in [3.63, 3.8) is 0 Å². The predicted molar refractivity (Wildman–Crippen MR) is 133 cm³/mol. The monoisotopic (exact) mass is 537 g/mol. The largest absolute Gasteiger partial charge is 0.325 e. The average molecular weight is 538 g/mol. The van der Waals surface area contributed by atoms with Gasteiger partial charge in [0.1, 0.15) is 16.6 Å². The van der Waals surface area contributed by atoms with E-state index < -0.39 is 38.3 Å². The molecule has 0 bridgehead atoms. The van der Waals surface area contributed by atoms with Gasteiger partial charge in [-0.3, -0.25) is 9.10 Å². The third-order valence-corrected chi connectivity index (χ3v) is 10.6. The molecule has 1 N–H and O–H groups in total. The van der Waals surface area contributed by atoms with E-state index in [1.807, 2.05) is 0 Å². The van der Waals surface area contributed by atoms with Crippen molar-refractivity contribution in [1.82, 2.24) is 4.31 Å². The standard InChI is InChI=1S/C23H24FN3O5S3/c24-20-7-2-3-8-21(20)27(35(31,32)23-9-6-16-33-23)17-22(28)25-18-10-12-19(13-11-18)34(29,30)26-14-4-1-5-15-26/h2-3,6-13,16H,1,4-5,14-15,17H2,(H,25,28). The number of anilines is 2. The van der Waals surface area contributed by atoms with Gasteiger partial charge in [-0.05, 0) is 60.7 Å². The first-order valence-corrected chi connectivity index (χ1v) is 14.7. The molecule has 0 aliphatic carbocycles. The van der Waals surface area contributed by atoms with Crippen LogP contribution in [0.3, 0.4) is 0 Å². The van der Waals surface area contributed by atoms with Gasteiger partial charge in [-0.15, -0.1) is 11.3 Å². The fourth-order valence-corrected chi connectivity index (χ4v) is 7.82. The number of halogens is 1. The van der Waals surface area contributed by atoms with E-state index in [2.05, 4.69) is 5.32 Å². The Morgan fingerprint density at radius 2 is 1.63 bits per heavy atom. The molecule has 1 saturated heterocycles. The third kappa shape index (κ3) is 5.56. The van der Waals surface area contributed by atoms with E-state index >= 15 is 0 Å². The lowest BCUT2D eigenvalue weighted by molar-refractivity contribution is -0.114. The number of carbonyl (C=O) groups is 1. The highest BCUT2D eigenvalue weighted by Crippen LogP contribution is 2.28. The van der Waals surface area contributed by atoms with E-state index in [0.717, 1.165) is 41.0 Å². The molecule has 8 nitrogen and oxygen atoms in total. The van der Waals surface area contributed by atoms with Crippen LogP contribution < -0.4 is 9.62 Å². The Kier molecular flexibility index (Phi) is 7.55.